The predicted molar refractivity (Wildman–Crippen MR) is 76.3 cm³/mol. The van der Waals surface area contributed by atoms with Crippen molar-refractivity contribution in [3.05, 3.63) is 23.4 Å². The summed E-state index contributed by atoms with van der Waals surface area (Å²) in [5.74, 6) is 1.10. The van der Waals surface area contributed by atoms with Gasteiger partial charge in [0.25, 0.3) is 0 Å². The molecule has 0 saturated carbocycles. The summed E-state index contributed by atoms with van der Waals surface area (Å²) in [5, 5.41) is 9.16. The fourth-order valence-electron chi connectivity index (χ4n) is 3.39. The molecule has 104 valence electrons. The Morgan fingerprint density at radius 1 is 1.32 bits per heavy atom. The average molecular weight is 261 g/mol. The van der Waals surface area contributed by atoms with Crippen LogP contribution in [0.15, 0.2) is 12.3 Å². The van der Waals surface area contributed by atoms with E-state index in [1.54, 1.807) is 6.20 Å². The third kappa shape index (κ3) is 2.60. The lowest BCUT2D eigenvalue weighted by atomic mass is 9.99. The number of aryl methyl sites for hydroxylation is 1. The van der Waals surface area contributed by atoms with Crippen LogP contribution in [-0.4, -0.2) is 47.2 Å². The molecule has 0 aliphatic carbocycles. The number of pyridine rings is 1. The Morgan fingerprint density at radius 2 is 2.21 bits per heavy atom. The molecule has 2 aliphatic heterocycles. The number of nitrogens with zero attached hydrogens (tertiary/aromatic N) is 3. The van der Waals surface area contributed by atoms with E-state index in [1.807, 2.05) is 0 Å². The fourth-order valence-corrected chi connectivity index (χ4v) is 3.39. The van der Waals surface area contributed by atoms with Gasteiger partial charge in [-0.2, -0.15) is 0 Å². The van der Waals surface area contributed by atoms with Crippen molar-refractivity contribution in [1.82, 2.24) is 9.88 Å². The molecule has 1 atom stereocenters. The number of fused-ring (bicyclic) bond motifs is 1. The summed E-state index contributed by atoms with van der Waals surface area (Å²) in [5.41, 5.74) is 2.08. The zero-order chi connectivity index (χ0) is 13.2. The summed E-state index contributed by atoms with van der Waals surface area (Å²) in [6, 6.07) is 2.76. The molecule has 2 aliphatic rings. The lowest BCUT2D eigenvalue weighted by Crippen LogP contribution is -2.55. The van der Waals surface area contributed by atoms with Gasteiger partial charge in [0, 0.05) is 31.9 Å². The fraction of sp³-hybridized carbons (Fsp3) is 0.667. The molecule has 1 N–H and O–H groups in total. The minimum Gasteiger partial charge on any atom is -0.392 e. The second-order valence-electron chi connectivity index (χ2n) is 5.77. The van der Waals surface area contributed by atoms with E-state index in [9.17, 15) is 0 Å². The maximum atomic E-state index is 9.16. The van der Waals surface area contributed by atoms with Crippen LogP contribution in [0.1, 0.15) is 30.4 Å². The normalized spacial score (nSPS) is 24.3. The third-order valence-corrected chi connectivity index (χ3v) is 4.43. The van der Waals surface area contributed by atoms with Crippen LogP contribution in [0.3, 0.4) is 0 Å². The van der Waals surface area contributed by atoms with Gasteiger partial charge in [-0.1, -0.05) is 6.42 Å². The largest absolute Gasteiger partial charge is 0.392 e. The molecule has 2 saturated heterocycles. The van der Waals surface area contributed by atoms with Crippen molar-refractivity contribution in [2.24, 2.45) is 0 Å². The first-order chi connectivity index (χ1) is 9.28. The van der Waals surface area contributed by atoms with Gasteiger partial charge in [-0.05, 0) is 43.5 Å². The number of hydrogen-bond acceptors (Lipinski definition) is 4. The van der Waals surface area contributed by atoms with Crippen LogP contribution in [0, 0.1) is 6.92 Å². The quantitative estimate of drug-likeness (QED) is 0.877. The molecular formula is C15H23N3O. The van der Waals surface area contributed by atoms with E-state index in [-0.39, 0.29) is 6.61 Å². The molecule has 0 spiro atoms. The van der Waals surface area contributed by atoms with Crippen molar-refractivity contribution in [2.45, 2.75) is 38.8 Å². The third-order valence-electron chi connectivity index (χ3n) is 4.43. The van der Waals surface area contributed by atoms with Crippen molar-refractivity contribution in [2.75, 3.05) is 31.1 Å². The van der Waals surface area contributed by atoms with E-state index in [0.717, 1.165) is 31.0 Å². The lowest BCUT2D eigenvalue weighted by molar-refractivity contribution is 0.133. The van der Waals surface area contributed by atoms with Gasteiger partial charge in [-0.25, -0.2) is 4.98 Å². The van der Waals surface area contributed by atoms with Crippen LogP contribution in [0.4, 0.5) is 5.82 Å². The van der Waals surface area contributed by atoms with Gasteiger partial charge in [0.15, 0.2) is 0 Å². The summed E-state index contributed by atoms with van der Waals surface area (Å²) in [4.78, 5) is 9.61. The van der Waals surface area contributed by atoms with E-state index < -0.39 is 0 Å². The number of aliphatic hydroxyl groups is 1. The van der Waals surface area contributed by atoms with Crippen LogP contribution in [0.25, 0.3) is 0 Å². The number of rotatable bonds is 2. The Balaban J connectivity index is 1.75. The van der Waals surface area contributed by atoms with Gasteiger partial charge in [-0.3, -0.25) is 4.90 Å². The van der Waals surface area contributed by atoms with Crippen LogP contribution >= 0.6 is 0 Å². The minimum atomic E-state index is 0.0739. The highest BCUT2D eigenvalue weighted by molar-refractivity contribution is 5.48. The molecule has 3 heterocycles. The van der Waals surface area contributed by atoms with E-state index in [0.29, 0.717) is 6.04 Å². The molecule has 1 aromatic heterocycles. The van der Waals surface area contributed by atoms with Gasteiger partial charge in [-0.15, -0.1) is 0 Å². The maximum Gasteiger partial charge on any atom is 0.131 e. The first kappa shape index (κ1) is 12.9. The highest BCUT2D eigenvalue weighted by Gasteiger charge is 2.29. The summed E-state index contributed by atoms with van der Waals surface area (Å²) < 4.78 is 0. The van der Waals surface area contributed by atoms with E-state index >= 15 is 0 Å². The zero-order valence-electron chi connectivity index (χ0n) is 11.7. The van der Waals surface area contributed by atoms with Crippen LogP contribution in [0.2, 0.25) is 0 Å². The van der Waals surface area contributed by atoms with Crippen LogP contribution < -0.4 is 4.90 Å². The van der Waals surface area contributed by atoms with Crippen molar-refractivity contribution >= 4 is 5.82 Å². The van der Waals surface area contributed by atoms with Crippen molar-refractivity contribution in [3.63, 3.8) is 0 Å². The maximum absolute atomic E-state index is 9.16. The monoisotopic (exact) mass is 261 g/mol. The molecule has 4 heteroatoms. The highest BCUT2D eigenvalue weighted by atomic mass is 16.3. The standard InChI is InChI=1S/C15H23N3O/c1-12-8-13(11-19)9-16-15(12)18-7-6-17-5-3-2-4-14(17)10-18/h8-9,14,19H,2-7,10-11H2,1H3. The summed E-state index contributed by atoms with van der Waals surface area (Å²) >= 11 is 0. The Bertz CT molecular complexity index is 449. The molecule has 4 nitrogen and oxygen atoms in total. The van der Waals surface area contributed by atoms with Crippen LogP contribution in [-0.2, 0) is 6.61 Å². The van der Waals surface area contributed by atoms with Gasteiger partial charge in [0.05, 0.1) is 6.61 Å². The predicted octanol–water partition coefficient (Wildman–Crippen LogP) is 1.56. The highest BCUT2D eigenvalue weighted by Crippen LogP contribution is 2.26. The average Bonchev–Trinajstić information content (AvgIpc) is 2.46. The number of hydrogen-bond donors (Lipinski definition) is 1. The molecule has 2 fully saturated rings. The molecule has 1 aromatic rings. The molecule has 3 rings (SSSR count). The van der Waals surface area contributed by atoms with Crippen molar-refractivity contribution in [3.8, 4) is 0 Å². The topological polar surface area (TPSA) is 39.6 Å². The summed E-state index contributed by atoms with van der Waals surface area (Å²) in [6.07, 6.45) is 5.85. The number of piperazine rings is 1. The summed E-state index contributed by atoms with van der Waals surface area (Å²) in [7, 11) is 0. The van der Waals surface area contributed by atoms with Gasteiger partial charge in [0.2, 0.25) is 0 Å². The van der Waals surface area contributed by atoms with E-state index in [2.05, 4.69) is 27.8 Å². The molecule has 19 heavy (non-hydrogen) atoms. The summed E-state index contributed by atoms with van der Waals surface area (Å²) in [6.45, 7) is 6.77. The zero-order valence-corrected chi connectivity index (χ0v) is 11.7. The number of piperidine rings is 1. The number of anilines is 1. The molecular weight excluding hydrogens is 238 g/mol. The number of aromatic nitrogens is 1. The Hall–Kier alpha value is -1.13. The minimum absolute atomic E-state index is 0.0739. The Labute approximate surface area is 115 Å². The second-order valence-corrected chi connectivity index (χ2v) is 5.77. The molecule has 1 unspecified atom stereocenters. The van der Waals surface area contributed by atoms with Gasteiger partial charge >= 0.3 is 0 Å². The van der Waals surface area contributed by atoms with E-state index in [1.165, 1.54) is 31.4 Å². The van der Waals surface area contributed by atoms with Crippen LogP contribution in [0.5, 0.6) is 0 Å². The molecule has 0 amide bonds. The van der Waals surface area contributed by atoms with E-state index in [4.69, 9.17) is 5.11 Å². The molecule has 0 aromatic carbocycles. The smallest absolute Gasteiger partial charge is 0.131 e. The Kier molecular flexibility index (Phi) is 3.71. The second kappa shape index (κ2) is 5.47. The van der Waals surface area contributed by atoms with Crippen molar-refractivity contribution < 1.29 is 5.11 Å². The molecule has 0 radical (unpaired) electrons. The Morgan fingerprint density at radius 3 is 3.00 bits per heavy atom. The lowest BCUT2D eigenvalue weighted by Gasteiger charge is -2.44. The van der Waals surface area contributed by atoms with Gasteiger partial charge in [0.1, 0.15) is 5.82 Å². The van der Waals surface area contributed by atoms with Crippen molar-refractivity contribution in [1.29, 1.82) is 0 Å². The SMILES string of the molecule is Cc1cc(CO)cnc1N1CCN2CCCCC2C1. The van der Waals surface area contributed by atoms with Gasteiger partial charge < -0.3 is 10.0 Å². The molecule has 0 bridgehead atoms. The first-order valence-electron chi connectivity index (χ1n) is 7.33. The first-order valence-corrected chi connectivity index (χ1v) is 7.33. The number of aliphatic hydroxyl groups excluding tert-OH is 1.